The van der Waals surface area contributed by atoms with Crippen LogP contribution in [0.1, 0.15) is 19.8 Å². The molecule has 0 spiro atoms. The number of rotatable bonds is 6. The highest BCUT2D eigenvalue weighted by atomic mass is 32.2. The van der Waals surface area contributed by atoms with Gasteiger partial charge in [-0.05, 0) is 44.0 Å². The minimum Gasteiger partial charge on any atom is -0.494 e. The van der Waals surface area contributed by atoms with Crippen LogP contribution < -0.4 is 9.46 Å². The van der Waals surface area contributed by atoms with E-state index in [9.17, 15) is 18.0 Å². The summed E-state index contributed by atoms with van der Waals surface area (Å²) in [5.41, 5.74) is 0. The molecule has 29 heavy (non-hydrogen) atoms. The summed E-state index contributed by atoms with van der Waals surface area (Å²) in [5.74, 6) is 0.364. The number of likely N-dealkylation sites (N-methyl/N-ethyl adjacent to an activating group) is 1. The summed E-state index contributed by atoms with van der Waals surface area (Å²) in [6.07, 6.45) is 2.78. The number of urea groups is 1. The lowest BCUT2D eigenvalue weighted by atomic mass is 10.0. The minimum absolute atomic E-state index is 0.195. The van der Waals surface area contributed by atoms with E-state index in [4.69, 9.17) is 4.74 Å². The molecule has 1 unspecified atom stereocenters. The number of piperidine rings is 1. The zero-order valence-corrected chi connectivity index (χ0v) is 17.7. The van der Waals surface area contributed by atoms with Crippen LogP contribution in [0, 0.1) is 0 Å². The average molecular weight is 424 g/mol. The van der Waals surface area contributed by atoms with Crippen LogP contribution >= 0.6 is 0 Å². The maximum atomic E-state index is 12.7. The molecule has 1 atom stereocenters. The lowest BCUT2D eigenvalue weighted by molar-refractivity contribution is -0.401. The first kappa shape index (κ1) is 21.4. The van der Waals surface area contributed by atoms with Crippen LogP contribution in [-0.4, -0.2) is 86.8 Å². The SMILES string of the molecule is CCOc1ccc(S(=O)(=O)NC2CCN(C3C=[N+](C)C(=O)N(C)C3=O)CC2)cc1. The Morgan fingerprint density at radius 1 is 1.17 bits per heavy atom. The zero-order valence-electron chi connectivity index (χ0n) is 16.9. The van der Waals surface area contributed by atoms with Crippen molar-refractivity contribution >= 4 is 28.2 Å². The molecule has 0 bridgehead atoms. The van der Waals surface area contributed by atoms with Crippen molar-refractivity contribution in [1.29, 1.82) is 0 Å². The third kappa shape index (κ3) is 4.65. The van der Waals surface area contributed by atoms with E-state index in [0.717, 1.165) is 4.90 Å². The molecule has 158 valence electrons. The number of amides is 3. The van der Waals surface area contributed by atoms with Gasteiger partial charge in [0.15, 0.2) is 6.04 Å². The quantitative estimate of drug-likeness (QED) is 0.669. The number of hydrogen-bond acceptors (Lipinski definition) is 6. The molecule has 3 amide bonds. The number of carbonyl (C=O) groups excluding carboxylic acids is 2. The summed E-state index contributed by atoms with van der Waals surface area (Å²) in [5, 5.41) is 0. The van der Waals surface area contributed by atoms with E-state index in [0.29, 0.717) is 38.3 Å². The molecule has 1 saturated heterocycles. The van der Waals surface area contributed by atoms with Gasteiger partial charge in [0.2, 0.25) is 10.0 Å². The highest BCUT2D eigenvalue weighted by Gasteiger charge is 2.42. The number of imide groups is 1. The van der Waals surface area contributed by atoms with Gasteiger partial charge in [-0.25, -0.2) is 22.5 Å². The van der Waals surface area contributed by atoms with Crippen LogP contribution in [0.3, 0.4) is 0 Å². The van der Waals surface area contributed by atoms with Crippen LogP contribution in [0.5, 0.6) is 5.75 Å². The molecule has 0 saturated carbocycles. The molecular formula is C19H27N4O5S+. The zero-order chi connectivity index (χ0) is 21.2. The number of likely N-dealkylation sites (tertiary alicyclic amines) is 1. The number of ether oxygens (including phenoxy) is 1. The van der Waals surface area contributed by atoms with Gasteiger partial charge < -0.3 is 4.74 Å². The third-order valence-corrected chi connectivity index (χ3v) is 6.76. The lowest BCUT2D eigenvalue weighted by Gasteiger charge is -2.36. The van der Waals surface area contributed by atoms with Crippen LogP contribution in [0.2, 0.25) is 0 Å². The Morgan fingerprint density at radius 3 is 2.38 bits per heavy atom. The molecule has 0 aromatic heterocycles. The second-order valence-corrected chi connectivity index (χ2v) is 8.93. The monoisotopic (exact) mass is 423 g/mol. The standard InChI is InChI=1S/C19H27N4O5S/c1-4-28-15-5-7-16(8-6-15)29(26,27)20-14-9-11-23(12-10-14)17-13-21(2)19(25)22(3)18(17)24/h5-8,13-14,17,20H,4,9-12H2,1-3H3/q+1. The number of benzene rings is 1. The molecule has 1 fully saturated rings. The topological polar surface area (TPSA) is 99.0 Å². The Kier molecular flexibility index (Phi) is 6.35. The minimum atomic E-state index is -3.63. The van der Waals surface area contributed by atoms with E-state index in [2.05, 4.69) is 4.72 Å². The van der Waals surface area contributed by atoms with Gasteiger partial charge in [0.1, 0.15) is 12.0 Å². The summed E-state index contributed by atoms with van der Waals surface area (Å²) >= 11 is 0. The molecular weight excluding hydrogens is 396 g/mol. The summed E-state index contributed by atoms with van der Waals surface area (Å²) in [6, 6.07) is 5.26. The molecule has 2 heterocycles. The fourth-order valence-electron chi connectivity index (χ4n) is 3.58. The van der Waals surface area contributed by atoms with Crippen LogP contribution in [-0.2, 0) is 14.8 Å². The van der Waals surface area contributed by atoms with E-state index in [1.807, 2.05) is 11.8 Å². The highest BCUT2D eigenvalue weighted by Crippen LogP contribution is 2.20. The van der Waals surface area contributed by atoms with Crippen molar-refractivity contribution in [3.05, 3.63) is 24.3 Å². The van der Waals surface area contributed by atoms with Gasteiger partial charge in [-0.1, -0.05) is 0 Å². The van der Waals surface area contributed by atoms with E-state index in [1.54, 1.807) is 25.4 Å². The molecule has 1 aromatic rings. The molecule has 9 nitrogen and oxygen atoms in total. The summed E-state index contributed by atoms with van der Waals surface area (Å²) in [4.78, 5) is 27.6. The molecule has 1 aromatic carbocycles. The second-order valence-electron chi connectivity index (χ2n) is 7.22. The second kappa shape index (κ2) is 8.60. The fourth-order valence-corrected chi connectivity index (χ4v) is 4.89. The molecule has 10 heteroatoms. The smallest absolute Gasteiger partial charge is 0.494 e. The molecule has 2 aliphatic rings. The first-order chi connectivity index (χ1) is 13.7. The number of sulfonamides is 1. The van der Waals surface area contributed by atoms with Crippen molar-refractivity contribution < 1.29 is 27.3 Å². The Hall–Kier alpha value is -2.30. The predicted octanol–water partition coefficient (Wildman–Crippen LogP) is 0.502. The summed E-state index contributed by atoms with van der Waals surface area (Å²) in [6.45, 7) is 3.49. The number of nitrogens with zero attached hydrogens (tertiary/aromatic N) is 3. The van der Waals surface area contributed by atoms with Crippen LogP contribution in [0.4, 0.5) is 4.79 Å². The van der Waals surface area contributed by atoms with Gasteiger partial charge in [0.25, 0.3) is 0 Å². The Balaban J connectivity index is 1.61. The van der Waals surface area contributed by atoms with Gasteiger partial charge in [-0.3, -0.25) is 4.90 Å². The Bertz CT molecular complexity index is 905. The molecule has 3 rings (SSSR count). The van der Waals surface area contributed by atoms with Crippen LogP contribution in [0.15, 0.2) is 29.2 Å². The molecule has 0 radical (unpaired) electrons. The molecule has 1 N–H and O–H groups in total. The summed E-state index contributed by atoms with van der Waals surface area (Å²) in [7, 11) is -0.537. The lowest BCUT2D eigenvalue weighted by Crippen LogP contribution is -2.59. The normalized spacial score (nSPS) is 22.0. The van der Waals surface area contributed by atoms with Crippen molar-refractivity contribution in [2.75, 3.05) is 33.8 Å². The van der Waals surface area contributed by atoms with E-state index in [1.165, 1.54) is 23.8 Å². The molecule has 2 aliphatic heterocycles. The van der Waals surface area contributed by atoms with E-state index >= 15 is 0 Å². The van der Waals surface area contributed by atoms with Crippen molar-refractivity contribution in [1.82, 2.24) is 14.5 Å². The van der Waals surface area contributed by atoms with Gasteiger partial charge >= 0.3 is 11.9 Å². The van der Waals surface area contributed by atoms with Gasteiger partial charge in [0.05, 0.1) is 25.6 Å². The summed E-state index contributed by atoms with van der Waals surface area (Å²) < 4.78 is 34.8. The number of hydrogen-bond donors (Lipinski definition) is 1. The molecule has 0 aliphatic carbocycles. The van der Waals surface area contributed by atoms with Gasteiger partial charge in [-0.15, -0.1) is 0 Å². The Morgan fingerprint density at radius 2 is 1.79 bits per heavy atom. The maximum Gasteiger partial charge on any atom is 0.500 e. The van der Waals surface area contributed by atoms with Crippen molar-refractivity contribution in [2.45, 2.75) is 36.7 Å². The predicted molar refractivity (Wildman–Crippen MR) is 107 cm³/mol. The van der Waals surface area contributed by atoms with Gasteiger partial charge in [-0.2, -0.15) is 9.69 Å². The highest BCUT2D eigenvalue weighted by molar-refractivity contribution is 7.89. The first-order valence-corrected chi connectivity index (χ1v) is 11.1. The van der Waals surface area contributed by atoms with E-state index in [-0.39, 0.29) is 22.9 Å². The van der Waals surface area contributed by atoms with Gasteiger partial charge in [0, 0.05) is 19.1 Å². The first-order valence-electron chi connectivity index (χ1n) is 9.61. The largest absolute Gasteiger partial charge is 0.500 e. The average Bonchev–Trinajstić information content (AvgIpc) is 2.70. The maximum absolute atomic E-state index is 12.7. The van der Waals surface area contributed by atoms with Crippen molar-refractivity contribution in [3.63, 3.8) is 0 Å². The van der Waals surface area contributed by atoms with Crippen molar-refractivity contribution in [2.24, 2.45) is 0 Å². The van der Waals surface area contributed by atoms with E-state index < -0.39 is 16.1 Å². The number of carbonyl (C=O) groups is 2. The van der Waals surface area contributed by atoms with Crippen LogP contribution in [0.25, 0.3) is 0 Å². The number of nitrogens with one attached hydrogen (secondary N) is 1. The van der Waals surface area contributed by atoms with Crippen molar-refractivity contribution in [3.8, 4) is 5.75 Å². The fraction of sp³-hybridized carbons (Fsp3) is 0.526. The third-order valence-electron chi connectivity index (χ3n) is 5.23. The Labute approximate surface area is 171 Å².